The largest absolute Gasteiger partial charge is 0.492 e. The van der Waals surface area contributed by atoms with Crippen LogP contribution in [0, 0.1) is 6.92 Å². The Morgan fingerprint density at radius 3 is 2.77 bits per heavy atom. The number of anilines is 2. The van der Waals surface area contributed by atoms with Crippen molar-refractivity contribution in [2.24, 2.45) is 4.99 Å². The number of nitrogens with one attached hydrogen (secondary N) is 1. The van der Waals surface area contributed by atoms with Crippen molar-refractivity contribution in [2.45, 2.75) is 13.8 Å². The SMILES string of the molecule is CC1=Nc2ccccc2C1=Cc1sc(Nc2cccc(Cl)c2C)nc1O. The number of nitrogens with zero attached hydrogens (tertiary/aromatic N) is 2. The van der Waals surface area contributed by atoms with E-state index in [1.807, 2.05) is 62.4 Å². The number of aromatic hydroxyl groups is 1. The molecule has 26 heavy (non-hydrogen) atoms. The highest BCUT2D eigenvalue weighted by Crippen LogP contribution is 2.39. The molecular formula is C20H16ClN3OS. The minimum Gasteiger partial charge on any atom is -0.492 e. The van der Waals surface area contributed by atoms with Gasteiger partial charge in [0.15, 0.2) is 5.13 Å². The lowest BCUT2D eigenvalue weighted by Crippen LogP contribution is -1.92. The molecule has 0 saturated carbocycles. The number of halogens is 1. The number of aromatic nitrogens is 1. The Hall–Kier alpha value is -2.63. The number of thiazole rings is 1. The summed E-state index contributed by atoms with van der Waals surface area (Å²) >= 11 is 7.55. The third-order valence-electron chi connectivity index (χ3n) is 4.29. The summed E-state index contributed by atoms with van der Waals surface area (Å²) in [6.45, 7) is 3.91. The van der Waals surface area contributed by atoms with Gasteiger partial charge in [-0.25, -0.2) is 0 Å². The summed E-state index contributed by atoms with van der Waals surface area (Å²) in [5, 5.41) is 14.8. The molecule has 130 valence electrons. The number of allylic oxidation sites excluding steroid dienone is 1. The van der Waals surface area contributed by atoms with Crippen LogP contribution in [-0.4, -0.2) is 15.8 Å². The van der Waals surface area contributed by atoms with Crippen LogP contribution in [0.1, 0.15) is 22.9 Å². The number of rotatable bonds is 3. The molecule has 0 spiro atoms. The van der Waals surface area contributed by atoms with Crippen LogP contribution in [0.4, 0.5) is 16.5 Å². The van der Waals surface area contributed by atoms with Crippen molar-refractivity contribution in [1.82, 2.24) is 4.98 Å². The van der Waals surface area contributed by atoms with Gasteiger partial charge in [0.25, 0.3) is 0 Å². The maximum Gasteiger partial charge on any atom is 0.231 e. The Kier molecular flexibility index (Phi) is 4.26. The number of aliphatic imine (C=N–C) groups is 1. The second-order valence-corrected chi connectivity index (χ2v) is 7.45. The van der Waals surface area contributed by atoms with E-state index in [4.69, 9.17) is 11.6 Å². The first kappa shape index (κ1) is 16.8. The summed E-state index contributed by atoms with van der Waals surface area (Å²) in [5.41, 5.74) is 5.77. The highest BCUT2D eigenvalue weighted by molar-refractivity contribution is 7.16. The van der Waals surface area contributed by atoms with Gasteiger partial charge in [-0.15, -0.1) is 0 Å². The van der Waals surface area contributed by atoms with Gasteiger partial charge in [-0.05, 0) is 43.7 Å². The molecule has 2 N–H and O–H groups in total. The molecular weight excluding hydrogens is 366 g/mol. The van der Waals surface area contributed by atoms with E-state index in [1.54, 1.807) is 0 Å². The van der Waals surface area contributed by atoms with Gasteiger partial charge in [-0.3, -0.25) is 4.99 Å². The quantitative estimate of drug-likeness (QED) is 0.567. The molecule has 0 aliphatic carbocycles. The topological polar surface area (TPSA) is 57.5 Å². The Labute approximate surface area is 160 Å². The van der Waals surface area contributed by atoms with Gasteiger partial charge in [-0.1, -0.05) is 47.2 Å². The maximum atomic E-state index is 10.3. The van der Waals surface area contributed by atoms with Gasteiger partial charge in [0, 0.05) is 27.6 Å². The summed E-state index contributed by atoms with van der Waals surface area (Å²) in [6.07, 6.45) is 1.94. The van der Waals surface area contributed by atoms with Gasteiger partial charge in [0.1, 0.15) is 0 Å². The Balaban J connectivity index is 1.68. The Bertz CT molecular complexity index is 1070. The van der Waals surface area contributed by atoms with Crippen LogP contribution < -0.4 is 5.32 Å². The minimum absolute atomic E-state index is 0.00172. The predicted octanol–water partition coefficient (Wildman–Crippen LogP) is 6.20. The lowest BCUT2D eigenvalue weighted by Gasteiger charge is -2.07. The van der Waals surface area contributed by atoms with Crippen LogP contribution in [0.3, 0.4) is 0 Å². The normalized spacial score (nSPS) is 14.4. The Morgan fingerprint density at radius 1 is 1.12 bits per heavy atom. The van der Waals surface area contributed by atoms with E-state index >= 15 is 0 Å². The van der Waals surface area contributed by atoms with Gasteiger partial charge in [-0.2, -0.15) is 4.98 Å². The molecule has 4 rings (SSSR count). The molecule has 1 aliphatic heterocycles. The average molecular weight is 382 g/mol. The second kappa shape index (κ2) is 6.59. The maximum absolute atomic E-state index is 10.3. The predicted molar refractivity (Wildman–Crippen MR) is 110 cm³/mol. The third-order valence-corrected chi connectivity index (χ3v) is 5.61. The van der Waals surface area contributed by atoms with Gasteiger partial charge < -0.3 is 10.4 Å². The van der Waals surface area contributed by atoms with E-state index in [0.717, 1.165) is 33.8 Å². The van der Waals surface area contributed by atoms with Gasteiger partial charge >= 0.3 is 0 Å². The number of hydrogen-bond donors (Lipinski definition) is 2. The van der Waals surface area contributed by atoms with E-state index in [1.165, 1.54) is 11.3 Å². The Morgan fingerprint density at radius 2 is 1.92 bits per heavy atom. The molecule has 0 atom stereocenters. The fourth-order valence-electron chi connectivity index (χ4n) is 2.88. The van der Waals surface area contributed by atoms with Gasteiger partial charge in [0.05, 0.1) is 10.6 Å². The van der Waals surface area contributed by atoms with E-state index in [-0.39, 0.29) is 5.88 Å². The van der Waals surface area contributed by atoms with Crippen LogP contribution in [0.15, 0.2) is 47.5 Å². The van der Waals surface area contributed by atoms with Crippen molar-refractivity contribution in [2.75, 3.05) is 5.32 Å². The first-order chi connectivity index (χ1) is 12.5. The molecule has 0 fully saturated rings. The molecule has 0 amide bonds. The van der Waals surface area contributed by atoms with E-state index in [9.17, 15) is 5.11 Å². The monoisotopic (exact) mass is 381 g/mol. The molecule has 2 aromatic carbocycles. The third kappa shape index (κ3) is 3.00. The summed E-state index contributed by atoms with van der Waals surface area (Å²) in [4.78, 5) is 9.50. The first-order valence-electron chi connectivity index (χ1n) is 8.11. The van der Waals surface area contributed by atoms with Crippen molar-refractivity contribution < 1.29 is 5.11 Å². The number of para-hydroxylation sites is 1. The van der Waals surface area contributed by atoms with Crippen molar-refractivity contribution in [3.63, 3.8) is 0 Å². The summed E-state index contributed by atoms with van der Waals surface area (Å²) in [6, 6.07) is 13.6. The van der Waals surface area contributed by atoms with Crippen LogP contribution in [0.5, 0.6) is 5.88 Å². The zero-order valence-corrected chi connectivity index (χ0v) is 15.8. The second-order valence-electron chi connectivity index (χ2n) is 6.02. The molecule has 0 radical (unpaired) electrons. The zero-order chi connectivity index (χ0) is 18.3. The zero-order valence-electron chi connectivity index (χ0n) is 14.2. The molecule has 0 bridgehead atoms. The lowest BCUT2D eigenvalue weighted by atomic mass is 10.0. The summed E-state index contributed by atoms with van der Waals surface area (Å²) in [7, 11) is 0. The van der Waals surface area contributed by atoms with Crippen LogP contribution in [0.25, 0.3) is 11.6 Å². The fraction of sp³-hybridized carbons (Fsp3) is 0.100. The van der Waals surface area contributed by atoms with Crippen molar-refractivity contribution >= 4 is 56.8 Å². The van der Waals surface area contributed by atoms with Crippen molar-refractivity contribution in [3.05, 3.63) is 63.5 Å². The standard InChI is InChI=1S/C20H16ClN3OS/c1-11-15(21)7-5-9-16(11)23-20-24-19(25)18(26-20)10-14-12(2)22-17-8-4-3-6-13(14)17/h3-10,25H,1-2H3,(H,23,24). The summed E-state index contributed by atoms with van der Waals surface area (Å²) < 4.78 is 0. The average Bonchev–Trinajstić information content (AvgIpc) is 3.12. The highest BCUT2D eigenvalue weighted by Gasteiger charge is 2.19. The molecule has 1 aliphatic rings. The number of fused-ring (bicyclic) bond motifs is 1. The summed E-state index contributed by atoms with van der Waals surface area (Å²) in [5.74, 6) is 0.00172. The molecule has 3 aromatic rings. The molecule has 1 aromatic heterocycles. The molecule has 2 heterocycles. The fourth-order valence-corrected chi connectivity index (χ4v) is 3.87. The van der Waals surface area contributed by atoms with Gasteiger partial charge in [0.2, 0.25) is 5.88 Å². The van der Waals surface area contributed by atoms with Crippen LogP contribution >= 0.6 is 22.9 Å². The minimum atomic E-state index is 0.00172. The first-order valence-corrected chi connectivity index (χ1v) is 9.31. The molecule has 6 heteroatoms. The number of hydrogen-bond acceptors (Lipinski definition) is 5. The van der Waals surface area contributed by atoms with Crippen molar-refractivity contribution in [3.8, 4) is 5.88 Å². The highest BCUT2D eigenvalue weighted by atomic mass is 35.5. The van der Waals surface area contributed by atoms with E-state index < -0.39 is 0 Å². The van der Waals surface area contributed by atoms with E-state index in [2.05, 4.69) is 15.3 Å². The van der Waals surface area contributed by atoms with Crippen molar-refractivity contribution in [1.29, 1.82) is 0 Å². The smallest absolute Gasteiger partial charge is 0.231 e. The molecule has 4 nitrogen and oxygen atoms in total. The lowest BCUT2D eigenvalue weighted by molar-refractivity contribution is 0.457. The van der Waals surface area contributed by atoms with Crippen LogP contribution in [-0.2, 0) is 0 Å². The van der Waals surface area contributed by atoms with E-state index in [0.29, 0.717) is 15.0 Å². The molecule has 0 unspecified atom stereocenters. The number of benzene rings is 2. The van der Waals surface area contributed by atoms with Crippen LogP contribution in [0.2, 0.25) is 5.02 Å². The molecule has 0 saturated heterocycles.